The van der Waals surface area contributed by atoms with Crippen molar-refractivity contribution in [3.05, 3.63) is 77.5 Å². The summed E-state index contributed by atoms with van der Waals surface area (Å²) in [6.07, 6.45) is -3.55. The van der Waals surface area contributed by atoms with E-state index in [0.29, 0.717) is 33.6 Å². The van der Waals surface area contributed by atoms with E-state index in [1.54, 1.807) is 69.3 Å². The van der Waals surface area contributed by atoms with Crippen LogP contribution >= 0.6 is 0 Å². The molecule has 0 bridgehead atoms. The quantitative estimate of drug-likeness (QED) is 0.460. The van der Waals surface area contributed by atoms with Crippen molar-refractivity contribution in [2.75, 3.05) is 24.6 Å². The Hall–Kier alpha value is -4.12. The zero-order valence-corrected chi connectivity index (χ0v) is 22.2. The molecule has 210 valence electrons. The number of halogens is 3. The van der Waals surface area contributed by atoms with Gasteiger partial charge in [-0.3, -0.25) is 9.78 Å². The fraction of sp³-hybridized carbons (Fsp3) is 0.345. The predicted octanol–water partition coefficient (Wildman–Crippen LogP) is 5.29. The summed E-state index contributed by atoms with van der Waals surface area (Å²) in [4.78, 5) is 32.9. The second kappa shape index (κ2) is 9.81. The minimum atomic E-state index is -4.50. The standard InChI is InChI=1S/C29H28F3N3O5/c1-27(2,3)40-26(37)34-15-28(38,16-34)18-8-10-19(11-9-18)35-14-22-20(25(35)36)12-13-33-24(22)21-6-4-5-7-23(21)39-17-29(30,31)32/h4-13,38H,14-17H2,1-3H3. The number of ether oxygens (including phenoxy) is 2. The molecule has 11 heteroatoms. The summed E-state index contributed by atoms with van der Waals surface area (Å²) in [5, 5.41) is 11.0. The largest absolute Gasteiger partial charge is 0.483 e. The van der Waals surface area contributed by atoms with Gasteiger partial charge in [0.1, 0.15) is 17.0 Å². The molecule has 3 aromatic rings. The third-order valence-electron chi connectivity index (χ3n) is 6.65. The van der Waals surface area contributed by atoms with Crippen LogP contribution in [0.2, 0.25) is 0 Å². The molecule has 8 nitrogen and oxygen atoms in total. The van der Waals surface area contributed by atoms with Gasteiger partial charge in [0.2, 0.25) is 0 Å². The minimum absolute atomic E-state index is 0.0187. The maximum atomic E-state index is 13.3. The molecule has 1 N–H and O–H groups in total. The molecular weight excluding hydrogens is 527 g/mol. The molecule has 0 saturated carbocycles. The van der Waals surface area contributed by atoms with E-state index in [4.69, 9.17) is 9.47 Å². The van der Waals surface area contributed by atoms with E-state index < -0.39 is 30.1 Å². The number of rotatable bonds is 5. The number of benzene rings is 2. The van der Waals surface area contributed by atoms with Crippen LogP contribution in [0.3, 0.4) is 0 Å². The molecule has 1 aromatic heterocycles. The van der Waals surface area contributed by atoms with Crippen LogP contribution in [0, 0.1) is 0 Å². The van der Waals surface area contributed by atoms with Gasteiger partial charge in [-0.2, -0.15) is 13.2 Å². The molecule has 0 unspecified atom stereocenters. The van der Waals surface area contributed by atoms with Crippen LogP contribution in [0.25, 0.3) is 11.3 Å². The number of anilines is 1. The van der Waals surface area contributed by atoms with Gasteiger partial charge in [0.15, 0.2) is 6.61 Å². The van der Waals surface area contributed by atoms with Crippen LogP contribution < -0.4 is 9.64 Å². The number of para-hydroxylation sites is 1. The molecular formula is C29H28F3N3O5. The first-order valence-electron chi connectivity index (χ1n) is 12.6. The van der Waals surface area contributed by atoms with Gasteiger partial charge in [-0.15, -0.1) is 0 Å². The van der Waals surface area contributed by atoms with Crippen molar-refractivity contribution in [3.63, 3.8) is 0 Å². The topological polar surface area (TPSA) is 92.2 Å². The first-order chi connectivity index (χ1) is 18.7. The normalized spacial score (nSPS) is 16.4. The van der Waals surface area contributed by atoms with Crippen molar-refractivity contribution < 1.29 is 37.3 Å². The number of likely N-dealkylation sites (tertiary alicyclic amines) is 1. The molecule has 2 aromatic carbocycles. The zero-order chi connectivity index (χ0) is 28.9. The van der Waals surface area contributed by atoms with E-state index in [1.165, 1.54) is 22.1 Å². The number of alkyl halides is 3. The first kappa shape index (κ1) is 27.4. The predicted molar refractivity (Wildman–Crippen MR) is 140 cm³/mol. The van der Waals surface area contributed by atoms with Crippen molar-refractivity contribution in [3.8, 4) is 17.0 Å². The number of carbonyl (C=O) groups is 2. The van der Waals surface area contributed by atoms with Gasteiger partial charge >= 0.3 is 12.3 Å². The number of aromatic nitrogens is 1. The molecule has 2 amide bonds. The third-order valence-corrected chi connectivity index (χ3v) is 6.65. The maximum Gasteiger partial charge on any atom is 0.422 e. The van der Waals surface area contributed by atoms with E-state index in [-0.39, 0.29) is 31.3 Å². The highest BCUT2D eigenvalue weighted by Gasteiger charge is 2.46. The Morgan fingerprint density at radius 1 is 1.02 bits per heavy atom. The number of hydrogen-bond donors (Lipinski definition) is 1. The monoisotopic (exact) mass is 555 g/mol. The summed E-state index contributed by atoms with van der Waals surface area (Å²) in [7, 11) is 0. The molecule has 1 saturated heterocycles. The fourth-order valence-corrected chi connectivity index (χ4v) is 4.79. The lowest BCUT2D eigenvalue weighted by atomic mass is 9.86. The lowest BCUT2D eigenvalue weighted by molar-refractivity contribution is -0.153. The lowest BCUT2D eigenvalue weighted by Crippen LogP contribution is -2.61. The summed E-state index contributed by atoms with van der Waals surface area (Å²) in [6, 6.07) is 14.7. The highest BCUT2D eigenvalue weighted by Crippen LogP contribution is 2.39. The highest BCUT2D eigenvalue weighted by atomic mass is 19.4. The smallest absolute Gasteiger partial charge is 0.422 e. The van der Waals surface area contributed by atoms with Crippen molar-refractivity contribution in [1.29, 1.82) is 0 Å². The third kappa shape index (κ3) is 5.46. The molecule has 2 aliphatic heterocycles. The number of β-amino-alcohol motifs (C(OH)–C–C–N with tert-alkyl or cyclic N) is 1. The summed E-state index contributed by atoms with van der Waals surface area (Å²) < 4.78 is 48.8. The molecule has 0 spiro atoms. The average Bonchev–Trinajstić information content (AvgIpc) is 3.21. The molecule has 3 heterocycles. The Morgan fingerprint density at radius 2 is 1.70 bits per heavy atom. The number of amides is 2. The van der Waals surface area contributed by atoms with Gasteiger partial charge in [0.25, 0.3) is 5.91 Å². The van der Waals surface area contributed by atoms with E-state index in [2.05, 4.69) is 4.98 Å². The van der Waals surface area contributed by atoms with Gasteiger partial charge in [-0.1, -0.05) is 24.3 Å². The van der Waals surface area contributed by atoms with Crippen LogP contribution in [0.1, 0.15) is 42.3 Å². The van der Waals surface area contributed by atoms with E-state index in [9.17, 15) is 27.9 Å². The molecule has 1 fully saturated rings. The average molecular weight is 556 g/mol. The lowest BCUT2D eigenvalue weighted by Gasteiger charge is -2.46. The Balaban J connectivity index is 1.33. The molecule has 40 heavy (non-hydrogen) atoms. The Morgan fingerprint density at radius 3 is 2.35 bits per heavy atom. The van der Waals surface area contributed by atoms with Gasteiger partial charge in [0, 0.05) is 28.6 Å². The van der Waals surface area contributed by atoms with Gasteiger partial charge in [0.05, 0.1) is 25.3 Å². The second-order valence-corrected chi connectivity index (χ2v) is 10.9. The van der Waals surface area contributed by atoms with Crippen LogP contribution in [0.15, 0.2) is 60.8 Å². The molecule has 2 aliphatic rings. The maximum absolute atomic E-state index is 13.3. The Bertz CT molecular complexity index is 1440. The Labute approximate surface area is 228 Å². The van der Waals surface area contributed by atoms with E-state index in [1.807, 2.05) is 0 Å². The van der Waals surface area contributed by atoms with Gasteiger partial charge in [-0.25, -0.2) is 4.79 Å². The van der Waals surface area contributed by atoms with Crippen molar-refractivity contribution in [1.82, 2.24) is 9.88 Å². The fourth-order valence-electron chi connectivity index (χ4n) is 4.79. The van der Waals surface area contributed by atoms with E-state index >= 15 is 0 Å². The summed E-state index contributed by atoms with van der Waals surface area (Å²) in [6.45, 7) is 4.19. The number of pyridine rings is 1. The zero-order valence-electron chi connectivity index (χ0n) is 22.2. The van der Waals surface area contributed by atoms with Crippen LogP contribution in [0.5, 0.6) is 5.75 Å². The number of aliphatic hydroxyl groups is 1. The Kier molecular flexibility index (Phi) is 6.73. The molecule has 0 aliphatic carbocycles. The molecule has 0 atom stereocenters. The number of nitrogens with zero attached hydrogens (tertiary/aromatic N) is 3. The minimum Gasteiger partial charge on any atom is -0.483 e. The van der Waals surface area contributed by atoms with Crippen molar-refractivity contribution >= 4 is 17.7 Å². The van der Waals surface area contributed by atoms with Crippen LogP contribution in [-0.2, 0) is 16.9 Å². The SMILES string of the molecule is CC(C)(C)OC(=O)N1CC(O)(c2ccc(N3Cc4c(ccnc4-c4ccccc4OCC(F)(F)F)C3=O)cc2)C1. The molecule has 5 rings (SSSR count). The van der Waals surface area contributed by atoms with Crippen molar-refractivity contribution in [2.24, 2.45) is 0 Å². The number of carbonyl (C=O) groups excluding carboxylic acids is 2. The van der Waals surface area contributed by atoms with Gasteiger partial charge in [-0.05, 0) is 56.7 Å². The van der Waals surface area contributed by atoms with Crippen LogP contribution in [0.4, 0.5) is 23.7 Å². The van der Waals surface area contributed by atoms with Crippen molar-refractivity contribution in [2.45, 2.75) is 44.7 Å². The second-order valence-electron chi connectivity index (χ2n) is 10.9. The summed E-state index contributed by atoms with van der Waals surface area (Å²) in [5.74, 6) is -0.260. The van der Waals surface area contributed by atoms with Crippen LogP contribution in [-0.4, -0.2) is 58.5 Å². The van der Waals surface area contributed by atoms with Gasteiger partial charge < -0.3 is 24.4 Å². The summed E-state index contributed by atoms with van der Waals surface area (Å²) in [5.41, 5.74) is 0.993. The summed E-state index contributed by atoms with van der Waals surface area (Å²) >= 11 is 0. The molecule has 0 radical (unpaired) electrons. The van der Waals surface area contributed by atoms with E-state index in [0.717, 1.165) is 0 Å². The number of fused-ring (bicyclic) bond motifs is 1. The highest BCUT2D eigenvalue weighted by molar-refractivity contribution is 6.11. The first-order valence-corrected chi connectivity index (χ1v) is 12.6. The number of hydrogen-bond acceptors (Lipinski definition) is 6.